The van der Waals surface area contributed by atoms with Crippen molar-refractivity contribution in [3.63, 3.8) is 0 Å². The monoisotopic (exact) mass is 413 g/mol. The molecule has 1 aliphatic carbocycles. The van der Waals surface area contributed by atoms with Gasteiger partial charge in [-0.1, -0.05) is 25.9 Å². The van der Waals surface area contributed by atoms with Crippen molar-refractivity contribution in [3.8, 4) is 0 Å². The molecule has 8 heteroatoms. The van der Waals surface area contributed by atoms with Crippen LogP contribution < -0.4 is 10.2 Å². The Hall–Kier alpha value is -2.48. The number of rotatable bonds is 4. The average Bonchev–Trinajstić information content (AvgIpc) is 3.15. The molecule has 3 atom stereocenters. The van der Waals surface area contributed by atoms with Crippen molar-refractivity contribution >= 4 is 11.9 Å². The predicted octanol–water partition coefficient (Wildman–Crippen LogP) is 3.08. The zero-order valence-electron chi connectivity index (χ0n) is 18.4. The van der Waals surface area contributed by atoms with Crippen LogP contribution in [0.1, 0.15) is 74.6 Å². The minimum absolute atomic E-state index is 0.0145. The fourth-order valence-electron chi connectivity index (χ4n) is 4.48. The number of anilines is 1. The number of nitrogens with one attached hydrogen (secondary N) is 1. The van der Waals surface area contributed by atoms with Crippen LogP contribution in [0.2, 0.25) is 0 Å². The van der Waals surface area contributed by atoms with Gasteiger partial charge < -0.3 is 19.5 Å². The molecule has 1 N–H and O–H groups in total. The van der Waals surface area contributed by atoms with Gasteiger partial charge in [0.2, 0.25) is 5.95 Å². The van der Waals surface area contributed by atoms with Crippen LogP contribution in [0.3, 0.4) is 0 Å². The van der Waals surface area contributed by atoms with Crippen LogP contribution in [0.15, 0.2) is 16.8 Å². The average molecular weight is 414 g/mol. The van der Waals surface area contributed by atoms with E-state index in [9.17, 15) is 4.79 Å². The van der Waals surface area contributed by atoms with Crippen LogP contribution >= 0.6 is 0 Å². The van der Waals surface area contributed by atoms with E-state index >= 15 is 0 Å². The Morgan fingerprint density at radius 1 is 1.30 bits per heavy atom. The first-order chi connectivity index (χ1) is 14.2. The highest BCUT2D eigenvalue weighted by atomic mass is 16.5. The van der Waals surface area contributed by atoms with Crippen molar-refractivity contribution in [3.05, 3.63) is 35.0 Å². The molecule has 1 aliphatic heterocycles. The van der Waals surface area contributed by atoms with E-state index in [2.05, 4.69) is 48.1 Å². The molecule has 0 saturated carbocycles. The minimum atomic E-state index is -0.230. The second-order valence-corrected chi connectivity index (χ2v) is 9.34. The van der Waals surface area contributed by atoms with Gasteiger partial charge in [0.15, 0.2) is 5.69 Å². The van der Waals surface area contributed by atoms with Crippen LogP contribution in [0.5, 0.6) is 0 Å². The molecule has 0 spiro atoms. The Morgan fingerprint density at radius 2 is 2.03 bits per heavy atom. The van der Waals surface area contributed by atoms with Gasteiger partial charge in [-0.15, -0.1) is 0 Å². The van der Waals surface area contributed by atoms with E-state index in [0.717, 1.165) is 43.1 Å². The second kappa shape index (κ2) is 7.98. The Bertz CT molecular complexity index is 915. The van der Waals surface area contributed by atoms with E-state index < -0.39 is 0 Å². The number of hydrogen-bond acceptors (Lipinski definition) is 7. The molecule has 0 radical (unpaired) electrons. The van der Waals surface area contributed by atoms with Crippen molar-refractivity contribution in [1.82, 2.24) is 20.4 Å². The fourth-order valence-corrected chi connectivity index (χ4v) is 4.48. The number of aryl methyl sites for hydroxylation is 1. The quantitative estimate of drug-likeness (QED) is 0.823. The van der Waals surface area contributed by atoms with Gasteiger partial charge in [0.1, 0.15) is 5.76 Å². The normalized spacial score (nSPS) is 25.6. The van der Waals surface area contributed by atoms with Gasteiger partial charge in [-0.25, -0.2) is 9.97 Å². The molecule has 2 aromatic heterocycles. The van der Waals surface area contributed by atoms with Gasteiger partial charge in [-0.05, 0) is 32.1 Å². The van der Waals surface area contributed by atoms with Crippen LogP contribution in [-0.2, 0) is 17.6 Å². The van der Waals surface area contributed by atoms with Crippen LogP contribution in [0.4, 0.5) is 5.95 Å². The van der Waals surface area contributed by atoms with Crippen molar-refractivity contribution in [2.24, 2.45) is 5.41 Å². The van der Waals surface area contributed by atoms with Gasteiger partial charge in [0.25, 0.3) is 5.91 Å². The van der Waals surface area contributed by atoms with Crippen molar-refractivity contribution in [2.75, 3.05) is 18.0 Å². The zero-order valence-corrected chi connectivity index (χ0v) is 18.4. The highest BCUT2D eigenvalue weighted by molar-refractivity contribution is 5.92. The number of fused-ring (bicyclic) bond motifs is 1. The SMILES string of the molecule is CCc1cc(C(=O)N[C@H]2CC(C)(C)Cc3nc(N4C[C@@H](C)O[C@@H](C)C4)ncc32)no1. The molecule has 4 rings (SSSR count). The molecular formula is C22H31N5O3. The Balaban J connectivity index is 1.58. The van der Waals surface area contributed by atoms with E-state index in [1.54, 1.807) is 6.07 Å². The summed E-state index contributed by atoms with van der Waals surface area (Å²) in [6, 6.07) is 1.54. The molecule has 8 nitrogen and oxygen atoms in total. The highest BCUT2D eigenvalue weighted by Gasteiger charge is 2.36. The first-order valence-electron chi connectivity index (χ1n) is 10.8. The molecule has 2 aromatic rings. The number of carbonyl (C=O) groups excluding carboxylic acids is 1. The maximum atomic E-state index is 12.8. The summed E-state index contributed by atoms with van der Waals surface area (Å²) >= 11 is 0. The molecule has 0 unspecified atom stereocenters. The molecule has 0 bridgehead atoms. The first kappa shape index (κ1) is 20.8. The number of morpholine rings is 1. The highest BCUT2D eigenvalue weighted by Crippen LogP contribution is 2.40. The fraction of sp³-hybridized carbons (Fsp3) is 0.636. The maximum Gasteiger partial charge on any atom is 0.273 e. The molecule has 162 valence electrons. The zero-order chi connectivity index (χ0) is 21.5. The van der Waals surface area contributed by atoms with E-state index in [4.69, 9.17) is 14.2 Å². The molecule has 1 saturated heterocycles. The number of carbonyl (C=O) groups is 1. The summed E-state index contributed by atoms with van der Waals surface area (Å²) in [5.41, 5.74) is 2.31. The summed E-state index contributed by atoms with van der Waals surface area (Å²) in [5.74, 6) is 1.21. The molecule has 1 fully saturated rings. The molecule has 2 aliphatic rings. The van der Waals surface area contributed by atoms with Crippen LogP contribution in [-0.4, -0.2) is 46.3 Å². The second-order valence-electron chi connectivity index (χ2n) is 9.34. The lowest BCUT2D eigenvalue weighted by Crippen LogP contribution is -2.46. The third-order valence-corrected chi connectivity index (χ3v) is 5.81. The van der Waals surface area contributed by atoms with Crippen LogP contribution in [0, 0.1) is 5.41 Å². The number of hydrogen-bond donors (Lipinski definition) is 1. The topological polar surface area (TPSA) is 93.4 Å². The van der Waals surface area contributed by atoms with Gasteiger partial charge in [0.05, 0.1) is 23.9 Å². The number of ether oxygens (including phenoxy) is 1. The van der Waals surface area contributed by atoms with Gasteiger partial charge in [-0.3, -0.25) is 4.79 Å². The third-order valence-electron chi connectivity index (χ3n) is 5.81. The minimum Gasteiger partial charge on any atom is -0.372 e. The van der Waals surface area contributed by atoms with E-state index in [1.807, 2.05) is 13.1 Å². The first-order valence-corrected chi connectivity index (χ1v) is 10.8. The van der Waals surface area contributed by atoms with Crippen molar-refractivity contribution < 1.29 is 14.1 Å². The number of amides is 1. The lowest BCUT2D eigenvalue weighted by atomic mass is 9.74. The third kappa shape index (κ3) is 4.33. The number of nitrogens with zero attached hydrogens (tertiary/aromatic N) is 4. The van der Waals surface area contributed by atoms with E-state index in [1.165, 1.54) is 0 Å². The Kier molecular flexibility index (Phi) is 5.53. The summed E-state index contributed by atoms with van der Waals surface area (Å²) in [6.07, 6.45) is 4.54. The molecule has 0 aromatic carbocycles. The van der Waals surface area contributed by atoms with Gasteiger partial charge >= 0.3 is 0 Å². The standard InChI is InChI=1S/C22H31N5O3/c1-6-15-7-17(26-30-15)20(28)24-18-8-22(4,5)9-19-16(18)10-23-21(25-19)27-11-13(2)29-14(3)12-27/h7,10,13-14,18H,6,8-9,11-12H2,1-5H3,(H,24,28)/t13-,14+,18-/m0/s1. The molecule has 3 heterocycles. The van der Waals surface area contributed by atoms with Crippen molar-refractivity contribution in [2.45, 2.75) is 72.1 Å². The Labute approximate surface area is 177 Å². The van der Waals surface area contributed by atoms with Crippen LogP contribution in [0.25, 0.3) is 0 Å². The summed E-state index contributed by atoms with van der Waals surface area (Å²) in [5, 5.41) is 7.02. The largest absolute Gasteiger partial charge is 0.372 e. The summed E-state index contributed by atoms with van der Waals surface area (Å²) in [7, 11) is 0. The summed E-state index contributed by atoms with van der Waals surface area (Å²) in [4.78, 5) is 24.5. The van der Waals surface area contributed by atoms with E-state index in [0.29, 0.717) is 17.9 Å². The lowest BCUT2D eigenvalue weighted by molar-refractivity contribution is -0.00575. The van der Waals surface area contributed by atoms with Gasteiger partial charge in [-0.2, -0.15) is 0 Å². The lowest BCUT2D eigenvalue weighted by Gasteiger charge is -2.38. The smallest absolute Gasteiger partial charge is 0.273 e. The Morgan fingerprint density at radius 3 is 2.70 bits per heavy atom. The summed E-state index contributed by atoms with van der Waals surface area (Å²) < 4.78 is 11.0. The van der Waals surface area contributed by atoms with E-state index in [-0.39, 0.29) is 29.6 Å². The molecular weight excluding hydrogens is 382 g/mol. The van der Waals surface area contributed by atoms with Crippen molar-refractivity contribution in [1.29, 1.82) is 0 Å². The molecule has 1 amide bonds. The number of aromatic nitrogens is 3. The summed E-state index contributed by atoms with van der Waals surface area (Å²) in [6.45, 7) is 12.1. The van der Waals surface area contributed by atoms with Gasteiger partial charge in [0, 0.05) is 37.3 Å². The predicted molar refractivity (Wildman–Crippen MR) is 112 cm³/mol. The maximum absolute atomic E-state index is 12.8. The molecule has 30 heavy (non-hydrogen) atoms.